The molecule has 0 N–H and O–H groups in total. The molecule has 0 saturated heterocycles. The Kier molecular flexibility index (Phi) is 5.04. The van der Waals surface area contributed by atoms with Crippen LogP contribution in [0.2, 0.25) is 5.02 Å². The number of para-hydroxylation sites is 1. The summed E-state index contributed by atoms with van der Waals surface area (Å²) in [4.78, 5) is 0. The molecule has 0 spiro atoms. The minimum Gasteiger partial charge on any atom is -0.496 e. The van der Waals surface area contributed by atoms with Crippen LogP contribution in [0.3, 0.4) is 0 Å². The van der Waals surface area contributed by atoms with Crippen molar-refractivity contribution in [2.24, 2.45) is 0 Å². The summed E-state index contributed by atoms with van der Waals surface area (Å²) in [7, 11) is 3.31. The van der Waals surface area contributed by atoms with Gasteiger partial charge in [0.25, 0.3) is 0 Å². The van der Waals surface area contributed by atoms with Crippen LogP contribution < -0.4 is 9.47 Å². The molecule has 0 amide bonds. The van der Waals surface area contributed by atoms with Crippen LogP contribution in [0.4, 0.5) is 0 Å². The number of nitrogens with zero attached hydrogens (tertiary/aromatic N) is 2. The van der Waals surface area contributed by atoms with Gasteiger partial charge in [0.15, 0.2) is 0 Å². The smallest absolute Gasteiger partial charge is 0.131 e. The Morgan fingerprint density at radius 2 is 1.46 bits per heavy atom. The van der Waals surface area contributed by atoms with Crippen molar-refractivity contribution in [3.8, 4) is 39.6 Å². The number of methoxy groups -OCH3 is 2. The Hall–Kier alpha value is -3.24. The molecule has 0 bridgehead atoms. The lowest BCUT2D eigenvalue weighted by Gasteiger charge is -2.16. The van der Waals surface area contributed by atoms with Gasteiger partial charge >= 0.3 is 0 Å². The van der Waals surface area contributed by atoms with Crippen molar-refractivity contribution in [2.45, 2.75) is 0 Å². The summed E-state index contributed by atoms with van der Waals surface area (Å²) in [5.74, 6) is 1.45. The first kappa shape index (κ1) is 18.1. The molecule has 140 valence electrons. The molecule has 0 radical (unpaired) electrons. The van der Waals surface area contributed by atoms with E-state index in [1.54, 1.807) is 20.4 Å². The number of aromatic nitrogens is 2. The van der Waals surface area contributed by atoms with Gasteiger partial charge in [-0.1, -0.05) is 54.1 Å². The van der Waals surface area contributed by atoms with Crippen molar-refractivity contribution in [1.82, 2.24) is 9.78 Å². The van der Waals surface area contributed by atoms with Gasteiger partial charge in [-0.05, 0) is 29.8 Å². The van der Waals surface area contributed by atoms with Crippen LogP contribution in [0, 0.1) is 0 Å². The highest BCUT2D eigenvalue weighted by Crippen LogP contribution is 2.41. The molecule has 0 saturated carbocycles. The third-order valence-electron chi connectivity index (χ3n) is 4.61. The SMILES string of the molecule is COc1cc(OC)c(-c2ccnn2-c2ccccc2Cl)cc1-c1ccccc1. The molecule has 0 fully saturated rings. The summed E-state index contributed by atoms with van der Waals surface area (Å²) in [5, 5.41) is 5.12. The van der Waals surface area contributed by atoms with E-state index in [1.165, 1.54) is 0 Å². The summed E-state index contributed by atoms with van der Waals surface area (Å²) in [6, 6.07) is 23.7. The first-order chi connectivity index (χ1) is 13.7. The molecule has 0 aliphatic carbocycles. The maximum Gasteiger partial charge on any atom is 0.131 e. The number of rotatable bonds is 5. The van der Waals surface area contributed by atoms with E-state index in [0.717, 1.165) is 33.8 Å². The number of benzene rings is 3. The van der Waals surface area contributed by atoms with Crippen LogP contribution in [-0.4, -0.2) is 24.0 Å². The van der Waals surface area contributed by atoms with Crippen molar-refractivity contribution < 1.29 is 9.47 Å². The van der Waals surface area contributed by atoms with Crippen molar-refractivity contribution in [3.63, 3.8) is 0 Å². The summed E-state index contributed by atoms with van der Waals surface area (Å²) in [5.41, 5.74) is 4.63. The van der Waals surface area contributed by atoms with E-state index in [4.69, 9.17) is 21.1 Å². The normalized spacial score (nSPS) is 10.7. The van der Waals surface area contributed by atoms with Crippen molar-refractivity contribution in [3.05, 3.63) is 84.0 Å². The standard InChI is InChI=1S/C23H19ClN2O2/c1-27-22-15-23(28-2)18(14-17(22)16-8-4-3-5-9-16)20-12-13-25-26(20)21-11-7-6-10-19(21)24/h3-15H,1-2H3. The third kappa shape index (κ3) is 3.23. The van der Waals surface area contributed by atoms with Crippen LogP contribution in [0.1, 0.15) is 0 Å². The van der Waals surface area contributed by atoms with E-state index >= 15 is 0 Å². The lowest BCUT2D eigenvalue weighted by Crippen LogP contribution is -2.01. The first-order valence-electron chi connectivity index (χ1n) is 8.83. The van der Waals surface area contributed by atoms with E-state index in [0.29, 0.717) is 10.8 Å². The van der Waals surface area contributed by atoms with Crippen LogP contribution in [0.15, 0.2) is 79.0 Å². The number of ether oxygens (including phenoxy) is 2. The fraction of sp³-hybridized carbons (Fsp3) is 0.0870. The van der Waals surface area contributed by atoms with Gasteiger partial charge in [0.2, 0.25) is 0 Å². The zero-order chi connectivity index (χ0) is 19.5. The zero-order valence-corrected chi connectivity index (χ0v) is 16.4. The molecular formula is C23H19ClN2O2. The Morgan fingerprint density at radius 1 is 0.786 bits per heavy atom. The molecule has 0 unspecified atom stereocenters. The van der Waals surface area contributed by atoms with Gasteiger partial charge < -0.3 is 9.47 Å². The summed E-state index contributed by atoms with van der Waals surface area (Å²) >= 11 is 6.41. The van der Waals surface area contributed by atoms with E-state index in [1.807, 2.05) is 59.3 Å². The van der Waals surface area contributed by atoms with Crippen LogP contribution >= 0.6 is 11.6 Å². The molecule has 1 aromatic heterocycles. The van der Waals surface area contributed by atoms with Gasteiger partial charge in [-0.25, -0.2) is 4.68 Å². The van der Waals surface area contributed by atoms with Crippen molar-refractivity contribution >= 4 is 11.6 Å². The number of hydrogen-bond donors (Lipinski definition) is 0. The van der Waals surface area contributed by atoms with Gasteiger partial charge in [-0.3, -0.25) is 0 Å². The summed E-state index contributed by atoms with van der Waals surface area (Å²) in [6.07, 6.45) is 1.75. The van der Waals surface area contributed by atoms with Crippen molar-refractivity contribution in [1.29, 1.82) is 0 Å². The van der Waals surface area contributed by atoms with E-state index in [2.05, 4.69) is 23.3 Å². The molecule has 4 aromatic rings. The average Bonchev–Trinajstić information content (AvgIpc) is 3.23. The third-order valence-corrected chi connectivity index (χ3v) is 4.93. The van der Waals surface area contributed by atoms with Crippen LogP contribution in [-0.2, 0) is 0 Å². The van der Waals surface area contributed by atoms with Gasteiger partial charge in [0.05, 0.1) is 36.8 Å². The van der Waals surface area contributed by atoms with E-state index < -0.39 is 0 Å². The summed E-state index contributed by atoms with van der Waals surface area (Å²) in [6.45, 7) is 0. The Labute approximate surface area is 168 Å². The lowest BCUT2D eigenvalue weighted by atomic mass is 9.99. The predicted molar refractivity (Wildman–Crippen MR) is 113 cm³/mol. The zero-order valence-electron chi connectivity index (χ0n) is 15.6. The van der Waals surface area contributed by atoms with Crippen molar-refractivity contribution in [2.75, 3.05) is 14.2 Å². The molecule has 0 atom stereocenters. The highest BCUT2D eigenvalue weighted by atomic mass is 35.5. The second kappa shape index (κ2) is 7.79. The fourth-order valence-electron chi connectivity index (χ4n) is 3.27. The molecule has 4 rings (SSSR count). The first-order valence-corrected chi connectivity index (χ1v) is 9.21. The molecule has 5 heteroatoms. The molecular weight excluding hydrogens is 372 g/mol. The second-order valence-electron chi connectivity index (χ2n) is 6.20. The van der Waals surface area contributed by atoms with Crippen LogP contribution in [0.25, 0.3) is 28.1 Å². The predicted octanol–water partition coefficient (Wildman–Crippen LogP) is 5.88. The van der Waals surface area contributed by atoms with Gasteiger partial charge in [0, 0.05) is 17.2 Å². The molecule has 0 aliphatic rings. The minimum atomic E-state index is 0.628. The lowest BCUT2D eigenvalue weighted by molar-refractivity contribution is 0.396. The molecule has 1 heterocycles. The van der Waals surface area contributed by atoms with Gasteiger partial charge in [0.1, 0.15) is 11.5 Å². The minimum absolute atomic E-state index is 0.628. The monoisotopic (exact) mass is 390 g/mol. The molecule has 28 heavy (non-hydrogen) atoms. The Balaban J connectivity index is 1.94. The average molecular weight is 391 g/mol. The van der Waals surface area contributed by atoms with E-state index in [-0.39, 0.29) is 0 Å². The topological polar surface area (TPSA) is 36.3 Å². The Bertz CT molecular complexity index is 1110. The molecule has 3 aromatic carbocycles. The van der Waals surface area contributed by atoms with E-state index in [9.17, 15) is 0 Å². The molecule has 4 nitrogen and oxygen atoms in total. The van der Waals surface area contributed by atoms with Gasteiger partial charge in [-0.2, -0.15) is 5.10 Å². The fourth-order valence-corrected chi connectivity index (χ4v) is 3.48. The second-order valence-corrected chi connectivity index (χ2v) is 6.61. The highest BCUT2D eigenvalue weighted by molar-refractivity contribution is 6.32. The maximum atomic E-state index is 6.41. The summed E-state index contributed by atoms with van der Waals surface area (Å²) < 4.78 is 13.1. The maximum absolute atomic E-state index is 6.41. The largest absolute Gasteiger partial charge is 0.496 e. The Morgan fingerprint density at radius 3 is 2.18 bits per heavy atom. The highest BCUT2D eigenvalue weighted by Gasteiger charge is 2.18. The quantitative estimate of drug-likeness (QED) is 0.427. The van der Waals surface area contributed by atoms with Gasteiger partial charge in [-0.15, -0.1) is 0 Å². The number of halogens is 1. The number of hydrogen-bond acceptors (Lipinski definition) is 3. The van der Waals surface area contributed by atoms with Crippen LogP contribution in [0.5, 0.6) is 11.5 Å². The molecule has 0 aliphatic heterocycles.